The summed E-state index contributed by atoms with van der Waals surface area (Å²) in [6.07, 6.45) is 2.41. The molecule has 0 spiro atoms. The Labute approximate surface area is 119 Å². The quantitative estimate of drug-likeness (QED) is 0.897. The Morgan fingerprint density at radius 2 is 2.20 bits per heavy atom. The molecule has 106 valence electrons. The van der Waals surface area contributed by atoms with Crippen molar-refractivity contribution in [3.8, 4) is 0 Å². The molecule has 0 saturated carbocycles. The van der Waals surface area contributed by atoms with Crippen molar-refractivity contribution < 1.29 is 4.52 Å². The Kier molecular flexibility index (Phi) is 3.74. The van der Waals surface area contributed by atoms with Gasteiger partial charge in [-0.15, -0.1) is 0 Å². The molecular weight excluding hydrogens is 250 g/mol. The van der Waals surface area contributed by atoms with Crippen molar-refractivity contribution >= 4 is 5.69 Å². The second kappa shape index (κ2) is 5.67. The molecule has 4 heteroatoms. The first kappa shape index (κ1) is 13.2. The van der Waals surface area contributed by atoms with Crippen LogP contribution in [0.2, 0.25) is 0 Å². The van der Waals surface area contributed by atoms with Gasteiger partial charge >= 0.3 is 0 Å². The first-order chi connectivity index (χ1) is 9.75. The van der Waals surface area contributed by atoms with Crippen molar-refractivity contribution in [3.05, 3.63) is 46.3 Å². The molecule has 20 heavy (non-hydrogen) atoms. The third kappa shape index (κ3) is 2.56. The molecule has 2 N–H and O–H groups in total. The number of benzene rings is 1. The lowest BCUT2D eigenvalue weighted by atomic mass is 9.99. The van der Waals surface area contributed by atoms with Crippen LogP contribution < -0.4 is 10.6 Å². The van der Waals surface area contributed by atoms with Crippen LogP contribution in [-0.2, 0) is 19.5 Å². The molecule has 0 saturated heterocycles. The van der Waals surface area contributed by atoms with Crippen LogP contribution in [-0.4, -0.2) is 11.7 Å². The number of hydrogen-bond donors (Lipinski definition) is 2. The SMILES string of the molecule is Cc1noc(C)c1CNCc1cccc2c1NCCC2. The maximum Gasteiger partial charge on any atom is 0.138 e. The van der Waals surface area contributed by atoms with E-state index < -0.39 is 0 Å². The lowest BCUT2D eigenvalue weighted by Crippen LogP contribution is -2.18. The second-order valence-electron chi connectivity index (χ2n) is 5.39. The average molecular weight is 271 g/mol. The molecule has 1 aromatic carbocycles. The van der Waals surface area contributed by atoms with Gasteiger partial charge in [-0.2, -0.15) is 0 Å². The topological polar surface area (TPSA) is 50.1 Å². The monoisotopic (exact) mass is 271 g/mol. The summed E-state index contributed by atoms with van der Waals surface area (Å²) in [5.41, 5.74) is 6.25. The van der Waals surface area contributed by atoms with Gasteiger partial charge in [-0.3, -0.25) is 0 Å². The Morgan fingerprint density at radius 3 is 3.00 bits per heavy atom. The first-order valence-electron chi connectivity index (χ1n) is 7.23. The highest BCUT2D eigenvalue weighted by Crippen LogP contribution is 2.26. The summed E-state index contributed by atoms with van der Waals surface area (Å²) < 4.78 is 5.19. The molecule has 2 heterocycles. The number of rotatable bonds is 4. The normalized spacial score (nSPS) is 13.9. The Bertz CT molecular complexity index is 584. The third-order valence-corrected chi connectivity index (χ3v) is 3.96. The average Bonchev–Trinajstić information content (AvgIpc) is 2.79. The Morgan fingerprint density at radius 1 is 1.30 bits per heavy atom. The van der Waals surface area contributed by atoms with Gasteiger partial charge in [0.05, 0.1) is 5.69 Å². The van der Waals surface area contributed by atoms with Gasteiger partial charge in [0.1, 0.15) is 5.76 Å². The maximum atomic E-state index is 5.19. The minimum absolute atomic E-state index is 0.796. The smallest absolute Gasteiger partial charge is 0.138 e. The van der Waals surface area contributed by atoms with Crippen LogP contribution in [0.4, 0.5) is 5.69 Å². The largest absolute Gasteiger partial charge is 0.385 e. The summed E-state index contributed by atoms with van der Waals surface area (Å²) in [7, 11) is 0. The highest BCUT2D eigenvalue weighted by atomic mass is 16.5. The molecule has 0 fully saturated rings. The number of para-hydroxylation sites is 1. The summed E-state index contributed by atoms with van der Waals surface area (Å²) in [4.78, 5) is 0. The van der Waals surface area contributed by atoms with E-state index in [1.165, 1.54) is 35.2 Å². The summed E-state index contributed by atoms with van der Waals surface area (Å²) in [5.74, 6) is 0.906. The molecule has 2 aromatic rings. The third-order valence-electron chi connectivity index (χ3n) is 3.96. The second-order valence-corrected chi connectivity index (χ2v) is 5.39. The zero-order valence-corrected chi connectivity index (χ0v) is 12.1. The first-order valence-corrected chi connectivity index (χ1v) is 7.23. The number of aromatic nitrogens is 1. The molecule has 0 radical (unpaired) electrons. The molecule has 0 bridgehead atoms. The van der Waals surface area contributed by atoms with Crippen molar-refractivity contribution in [2.45, 2.75) is 39.8 Å². The molecule has 0 amide bonds. The number of aryl methyl sites for hydroxylation is 3. The highest BCUT2D eigenvalue weighted by Gasteiger charge is 2.13. The van der Waals surface area contributed by atoms with E-state index in [1.54, 1.807) is 0 Å². The van der Waals surface area contributed by atoms with Crippen LogP contribution >= 0.6 is 0 Å². The maximum absolute atomic E-state index is 5.19. The molecule has 1 aliphatic rings. The fourth-order valence-electron chi connectivity index (χ4n) is 2.80. The van der Waals surface area contributed by atoms with E-state index in [0.29, 0.717) is 0 Å². The van der Waals surface area contributed by atoms with Crippen LogP contribution in [0.3, 0.4) is 0 Å². The van der Waals surface area contributed by atoms with Crippen LogP contribution in [0.25, 0.3) is 0 Å². The van der Waals surface area contributed by atoms with Crippen molar-refractivity contribution in [3.63, 3.8) is 0 Å². The number of nitrogens with zero attached hydrogens (tertiary/aromatic N) is 1. The van der Waals surface area contributed by atoms with Gasteiger partial charge in [0.15, 0.2) is 0 Å². The molecule has 1 aromatic heterocycles. The van der Waals surface area contributed by atoms with Crippen LogP contribution in [0.15, 0.2) is 22.7 Å². The summed E-state index contributed by atoms with van der Waals surface area (Å²) in [5, 5.41) is 11.0. The number of nitrogens with one attached hydrogen (secondary N) is 2. The zero-order chi connectivity index (χ0) is 13.9. The molecule has 1 aliphatic heterocycles. The minimum Gasteiger partial charge on any atom is -0.385 e. The van der Waals surface area contributed by atoms with E-state index in [-0.39, 0.29) is 0 Å². The molecule has 4 nitrogen and oxygen atoms in total. The lowest BCUT2D eigenvalue weighted by molar-refractivity contribution is 0.392. The Hall–Kier alpha value is -1.81. The zero-order valence-electron chi connectivity index (χ0n) is 12.1. The van der Waals surface area contributed by atoms with Gasteiger partial charge in [0.2, 0.25) is 0 Å². The van der Waals surface area contributed by atoms with Crippen LogP contribution in [0.1, 0.15) is 34.6 Å². The minimum atomic E-state index is 0.796. The lowest BCUT2D eigenvalue weighted by Gasteiger charge is -2.21. The highest BCUT2D eigenvalue weighted by molar-refractivity contribution is 5.59. The van der Waals surface area contributed by atoms with Crippen molar-refractivity contribution in [2.24, 2.45) is 0 Å². The van der Waals surface area contributed by atoms with E-state index in [4.69, 9.17) is 4.52 Å². The van der Waals surface area contributed by atoms with Crippen LogP contribution in [0.5, 0.6) is 0 Å². The summed E-state index contributed by atoms with van der Waals surface area (Å²) in [6, 6.07) is 6.57. The van der Waals surface area contributed by atoms with E-state index in [9.17, 15) is 0 Å². The Balaban J connectivity index is 1.67. The van der Waals surface area contributed by atoms with Gasteiger partial charge in [-0.25, -0.2) is 0 Å². The number of anilines is 1. The van der Waals surface area contributed by atoms with Crippen molar-refractivity contribution in [1.29, 1.82) is 0 Å². The van der Waals surface area contributed by atoms with Gasteiger partial charge < -0.3 is 15.2 Å². The molecule has 0 aliphatic carbocycles. The van der Waals surface area contributed by atoms with Crippen molar-refractivity contribution in [1.82, 2.24) is 10.5 Å². The summed E-state index contributed by atoms with van der Waals surface area (Å²) in [6.45, 7) is 6.68. The van der Waals surface area contributed by atoms with E-state index in [1.807, 2.05) is 13.8 Å². The van der Waals surface area contributed by atoms with Gasteiger partial charge in [-0.1, -0.05) is 23.4 Å². The fourth-order valence-corrected chi connectivity index (χ4v) is 2.80. The fraction of sp³-hybridized carbons (Fsp3) is 0.438. The molecule has 0 unspecified atom stereocenters. The molecular formula is C16H21N3O. The number of hydrogen-bond acceptors (Lipinski definition) is 4. The predicted molar refractivity (Wildman–Crippen MR) is 79.8 cm³/mol. The summed E-state index contributed by atoms with van der Waals surface area (Å²) >= 11 is 0. The van der Waals surface area contributed by atoms with Crippen molar-refractivity contribution in [2.75, 3.05) is 11.9 Å². The number of fused-ring (bicyclic) bond motifs is 1. The van der Waals surface area contributed by atoms with E-state index >= 15 is 0 Å². The molecule has 0 atom stereocenters. The van der Waals surface area contributed by atoms with Gasteiger partial charge in [0.25, 0.3) is 0 Å². The van der Waals surface area contributed by atoms with Gasteiger partial charge in [-0.05, 0) is 37.8 Å². The van der Waals surface area contributed by atoms with E-state index in [2.05, 4.69) is 34.0 Å². The standard InChI is InChI=1S/C16H21N3O/c1-11-15(12(2)20-19-11)10-17-9-14-6-3-5-13-7-4-8-18-16(13)14/h3,5-6,17-18H,4,7-10H2,1-2H3. The van der Waals surface area contributed by atoms with Gasteiger partial charge in [0, 0.05) is 30.9 Å². The van der Waals surface area contributed by atoms with E-state index in [0.717, 1.165) is 31.1 Å². The molecule has 3 rings (SSSR count). The predicted octanol–water partition coefficient (Wildman–Crippen LogP) is 2.94. The van der Waals surface area contributed by atoms with Crippen LogP contribution in [0, 0.1) is 13.8 Å².